The van der Waals surface area contributed by atoms with Gasteiger partial charge in [0, 0.05) is 18.3 Å². The average Bonchev–Trinajstić information content (AvgIpc) is 2.72. The van der Waals surface area contributed by atoms with Crippen LogP contribution < -0.4 is 10.2 Å². The second kappa shape index (κ2) is 8.98. The van der Waals surface area contributed by atoms with Gasteiger partial charge >= 0.3 is 0 Å². The Kier molecular flexibility index (Phi) is 6.20. The van der Waals surface area contributed by atoms with Crippen LogP contribution >= 0.6 is 0 Å². The van der Waals surface area contributed by atoms with Crippen molar-refractivity contribution in [1.29, 1.82) is 5.26 Å². The summed E-state index contributed by atoms with van der Waals surface area (Å²) in [5.41, 5.74) is 2.97. The van der Waals surface area contributed by atoms with Gasteiger partial charge in [0.2, 0.25) is 5.95 Å². The molecule has 3 rings (SSSR count). The van der Waals surface area contributed by atoms with Gasteiger partial charge in [0.25, 0.3) is 5.91 Å². The van der Waals surface area contributed by atoms with Crippen LogP contribution in [0.15, 0.2) is 60.7 Å². The summed E-state index contributed by atoms with van der Waals surface area (Å²) in [4.78, 5) is 23.9. The van der Waals surface area contributed by atoms with Crippen LogP contribution in [-0.2, 0) is 6.54 Å². The molecule has 0 spiro atoms. The number of aromatic nitrogens is 2. The van der Waals surface area contributed by atoms with Crippen molar-refractivity contribution in [3.63, 3.8) is 0 Å². The fourth-order valence-corrected chi connectivity index (χ4v) is 2.94. The van der Waals surface area contributed by atoms with E-state index in [1.165, 1.54) is 0 Å². The van der Waals surface area contributed by atoms with E-state index in [1.54, 1.807) is 30.3 Å². The lowest BCUT2D eigenvalue weighted by atomic mass is 10.2. The highest BCUT2D eigenvalue weighted by atomic mass is 16.1. The summed E-state index contributed by atoms with van der Waals surface area (Å²) in [5, 5.41) is 12.0. The maximum absolute atomic E-state index is 12.8. The van der Waals surface area contributed by atoms with Crippen LogP contribution in [0.4, 0.5) is 11.6 Å². The number of anilines is 2. The van der Waals surface area contributed by atoms with Crippen molar-refractivity contribution >= 4 is 17.5 Å². The molecule has 0 saturated heterocycles. The lowest BCUT2D eigenvalue weighted by Crippen LogP contribution is -2.32. The van der Waals surface area contributed by atoms with E-state index in [4.69, 9.17) is 0 Å². The molecule has 0 aliphatic heterocycles. The Labute approximate surface area is 170 Å². The number of carbonyl (C=O) groups excluding carboxylic acids is 1. The van der Waals surface area contributed by atoms with Crippen molar-refractivity contribution in [3.8, 4) is 6.07 Å². The number of nitrogens with one attached hydrogen (secondary N) is 1. The molecule has 0 bridgehead atoms. The summed E-state index contributed by atoms with van der Waals surface area (Å²) < 4.78 is 0. The smallest absolute Gasteiger partial charge is 0.274 e. The summed E-state index contributed by atoms with van der Waals surface area (Å²) in [6, 6.07) is 20.8. The van der Waals surface area contributed by atoms with Crippen LogP contribution in [0.25, 0.3) is 0 Å². The first-order chi connectivity index (χ1) is 14.0. The summed E-state index contributed by atoms with van der Waals surface area (Å²) >= 11 is 0. The number of aryl methyl sites for hydroxylation is 1. The summed E-state index contributed by atoms with van der Waals surface area (Å²) in [6.45, 7) is 6.61. The van der Waals surface area contributed by atoms with Crippen LogP contribution in [0.5, 0.6) is 0 Å². The van der Waals surface area contributed by atoms with Gasteiger partial charge in [-0.05, 0) is 44.5 Å². The first-order valence-electron chi connectivity index (χ1n) is 9.44. The summed E-state index contributed by atoms with van der Waals surface area (Å²) in [5.74, 6) is 0.130. The van der Waals surface area contributed by atoms with Gasteiger partial charge in [0.15, 0.2) is 0 Å². The molecule has 0 radical (unpaired) electrons. The Hall–Kier alpha value is -3.72. The number of amides is 1. The molecule has 0 unspecified atom stereocenters. The van der Waals surface area contributed by atoms with Crippen molar-refractivity contribution in [2.24, 2.45) is 0 Å². The molecular formula is C23H23N5O. The van der Waals surface area contributed by atoms with Crippen molar-refractivity contribution < 1.29 is 4.79 Å². The van der Waals surface area contributed by atoms with E-state index in [0.29, 0.717) is 29.4 Å². The van der Waals surface area contributed by atoms with Crippen LogP contribution in [0.1, 0.15) is 41.2 Å². The first kappa shape index (κ1) is 20.0. The molecule has 0 aliphatic rings. The number of carbonyl (C=O) groups is 1. The van der Waals surface area contributed by atoms with E-state index >= 15 is 0 Å². The van der Waals surface area contributed by atoms with Gasteiger partial charge < -0.3 is 10.2 Å². The second-order valence-corrected chi connectivity index (χ2v) is 7.01. The zero-order valence-electron chi connectivity index (χ0n) is 16.8. The summed E-state index contributed by atoms with van der Waals surface area (Å²) in [7, 11) is 0. The lowest BCUT2D eigenvalue weighted by Gasteiger charge is -2.27. The van der Waals surface area contributed by atoms with Crippen molar-refractivity contribution in [3.05, 3.63) is 83.2 Å². The number of nitriles is 1. The predicted octanol–water partition coefficient (Wildman–Crippen LogP) is 4.32. The van der Waals surface area contributed by atoms with E-state index in [-0.39, 0.29) is 17.6 Å². The number of hydrogen-bond acceptors (Lipinski definition) is 5. The van der Waals surface area contributed by atoms with E-state index in [1.807, 2.05) is 25.1 Å². The van der Waals surface area contributed by atoms with E-state index < -0.39 is 0 Å². The van der Waals surface area contributed by atoms with Crippen LogP contribution in [0.3, 0.4) is 0 Å². The fourth-order valence-electron chi connectivity index (χ4n) is 2.94. The second-order valence-electron chi connectivity index (χ2n) is 7.01. The van der Waals surface area contributed by atoms with Gasteiger partial charge in [0.05, 0.1) is 11.3 Å². The van der Waals surface area contributed by atoms with Gasteiger partial charge in [-0.3, -0.25) is 4.79 Å². The monoisotopic (exact) mass is 385 g/mol. The van der Waals surface area contributed by atoms with Crippen LogP contribution in [-0.4, -0.2) is 21.9 Å². The van der Waals surface area contributed by atoms with Crippen molar-refractivity contribution in [1.82, 2.24) is 9.97 Å². The van der Waals surface area contributed by atoms with Crippen molar-refractivity contribution in [2.75, 3.05) is 10.2 Å². The number of rotatable bonds is 6. The minimum atomic E-state index is -0.372. The summed E-state index contributed by atoms with van der Waals surface area (Å²) in [6.07, 6.45) is 0. The Morgan fingerprint density at radius 1 is 1.10 bits per heavy atom. The number of para-hydroxylation sites is 1. The molecule has 2 aromatic carbocycles. The Balaban J connectivity index is 1.90. The molecule has 1 heterocycles. The molecule has 3 aromatic rings. The normalized spacial score (nSPS) is 10.4. The molecule has 0 fully saturated rings. The Bertz CT molecular complexity index is 1040. The molecule has 1 N–H and O–H groups in total. The third-order valence-corrected chi connectivity index (χ3v) is 4.45. The topological polar surface area (TPSA) is 81.9 Å². The maximum atomic E-state index is 12.8. The largest absolute Gasteiger partial charge is 0.334 e. The van der Waals surface area contributed by atoms with Gasteiger partial charge in [0.1, 0.15) is 11.8 Å². The van der Waals surface area contributed by atoms with E-state index in [0.717, 1.165) is 5.56 Å². The number of benzene rings is 2. The zero-order valence-corrected chi connectivity index (χ0v) is 16.8. The van der Waals surface area contributed by atoms with E-state index in [9.17, 15) is 10.1 Å². The highest BCUT2D eigenvalue weighted by Crippen LogP contribution is 2.19. The predicted molar refractivity (Wildman–Crippen MR) is 114 cm³/mol. The SMILES string of the molecule is Cc1cc(C(=O)Nc2ccccc2C#N)nc(N(Cc2ccccc2)C(C)C)n1. The molecule has 0 aliphatic carbocycles. The van der Waals surface area contributed by atoms with Gasteiger partial charge in [-0.1, -0.05) is 42.5 Å². The van der Waals surface area contributed by atoms with Crippen molar-refractivity contribution in [2.45, 2.75) is 33.4 Å². The molecular weight excluding hydrogens is 362 g/mol. The third kappa shape index (κ3) is 4.96. The van der Waals surface area contributed by atoms with Gasteiger partial charge in [-0.25, -0.2) is 9.97 Å². The molecule has 6 nitrogen and oxygen atoms in total. The first-order valence-corrected chi connectivity index (χ1v) is 9.44. The highest BCUT2D eigenvalue weighted by molar-refractivity contribution is 6.03. The quantitative estimate of drug-likeness (QED) is 0.683. The molecule has 1 aromatic heterocycles. The number of hydrogen-bond donors (Lipinski definition) is 1. The molecule has 0 saturated carbocycles. The molecule has 0 atom stereocenters. The minimum Gasteiger partial charge on any atom is -0.334 e. The zero-order chi connectivity index (χ0) is 20.8. The van der Waals surface area contributed by atoms with Crippen LogP contribution in [0, 0.1) is 18.3 Å². The van der Waals surface area contributed by atoms with E-state index in [2.05, 4.69) is 52.2 Å². The molecule has 29 heavy (non-hydrogen) atoms. The minimum absolute atomic E-state index is 0.146. The van der Waals surface area contributed by atoms with Gasteiger partial charge in [-0.15, -0.1) is 0 Å². The lowest BCUT2D eigenvalue weighted by molar-refractivity contribution is 0.102. The average molecular weight is 385 g/mol. The van der Waals surface area contributed by atoms with Crippen LogP contribution in [0.2, 0.25) is 0 Å². The number of nitrogens with zero attached hydrogens (tertiary/aromatic N) is 4. The third-order valence-electron chi connectivity index (χ3n) is 4.45. The maximum Gasteiger partial charge on any atom is 0.274 e. The Morgan fingerprint density at radius 2 is 1.79 bits per heavy atom. The molecule has 146 valence electrons. The van der Waals surface area contributed by atoms with Gasteiger partial charge in [-0.2, -0.15) is 5.26 Å². The molecule has 1 amide bonds. The Morgan fingerprint density at radius 3 is 2.48 bits per heavy atom. The molecule has 6 heteroatoms. The standard InChI is InChI=1S/C23H23N5O/c1-16(2)28(15-18-9-5-4-6-10-18)23-25-17(3)13-21(27-23)22(29)26-20-12-8-7-11-19(20)14-24/h4-13,16H,15H2,1-3H3,(H,26,29). The fraction of sp³-hybridized carbons (Fsp3) is 0.217. The highest BCUT2D eigenvalue weighted by Gasteiger charge is 2.18.